The van der Waals surface area contributed by atoms with Crippen LogP contribution in [0.1, 0.15) is 5.56 Å². The maximum Gasteiger partial charge on any atom is 0.323 e. The molecule has 1 saturated heterocycles. The predicted octanol–water partition coefficient (Wildman–Crippen LogP) is 0.571. The van der Waals surface area contributed by atoms with Crippen molar-refractivity contribution in [2.45, 2.75) is 12.1 Å². The average molecular weight is 458 g/mol. The quantitative estimate of drug-likeness (QED) is 0.297. The molecule has 12 nitrogen and oxygen atoms in total. The maximum absolute atomic E-state index is 12.8. The van der Waals surface area contributed by atoms with E-state index in [0.717, 1.165) is 5.39 Å². The van der Waals surface area contributed by atoms with Crippen molar-refractivity contribution in [3.63, 3.8) is 0 Å². The summed E-state index contributed by atoms with van der Waals surface area (Å²) in [5, 5.41) is 28.8. The largest absolute Gasteiger partial charge is 0.497 e. The van der Waals surface area contributed by atoms with Crippen molar-refractivity contribution < 1.29 is 19.4 Å². The van der Waals surface area contributed by atoms with Crippen LogP contribution in [0.15, 0.2) is 42.9 Å². The number of tetrazole rings is 1. The number of methoxy groups -OCH3 is 1. The second kappa shape index (κ2) is 7.89. The van der Waals surface area contributed by atoms with E-state index in [1.165, 1.54) is 22.7 Å². The molecule has 3 N–H and O–H groups in total. The van der Waals surface area contributed by atoms with E-state index in [4.69, 9.17) is 4.74 Å². The second-order valence-corrected chi connectivity index (χ2v) is 7.66. The molecular weight excluding hydrogens is 440 g/mol. The Hall–Kier alpha value is -4.92. The summed E-state index contributed by atoms with van der Waals surface area (Å²) in [6.45, 7) is -0.126. The molecule has 0 aliphatic carbocycles. The number of carbonyl (C=O) groups excluding carboxylic acids is 2. The van der Waals surface area contributed by atoms with Crippen LogP contribution in [0.5, 0.6) is 11.6 Å². The minimum atomic E-state index is -1.62. The lowest BCUT2D eigenvalue weighted by atomic mass is 10.00. The minimum absolute atomic E-state index is 0.0820. The summed E-state index contributed by atoms with van der Waals surface area (Å²) in [7, 11) is 3.18. The molecule has 3 amide bonds. The molecule has 1 fully saturated rings. The van der Waals surface area contributed by atoms with Crippen LogP contribution in [-0.4, -0.2) is 59.5 Å². The molecule has 12 heteroatoms. The van der Waals surface area contributed by atoms with E-state index in [-0.39, 0.29) is 12.4 Å². The highest BCUT2D eigenvalue weighted by atomic mass is 16.5. The van der Waals surface area contributed by atoms with E-state index in [2.05, 4.69) is 42.9 Å². The van der Waals surface area contributed by atoms with E-state index in [9.17, 15) is 14.7 Å². The number of amides is 3. The van der Waals surface area contributed by atoms with E-state index >= 15 is 0 Å². The summed E-state index contributed by atoms with van der Waals surface area (Å²) < 4.78 is 6.68. The Balaban J connectivity index is 1.52. The standard InChI is InChI=1S/C22H18N8O4/c1-29-27-18(26-28-29)15-7-13(9-23-10-15)5-6-22(20(32)24-21(33)25-22)12-30-11-14-3-4-16(34-2)8-17(14)19(30)31/h3-4,7-11,31H,12H2,1-2H3,(H2,24,25,32,33)/t22-/m1/s1. The van der Waals surface area contributed by atoms with Crippen molar-refractivity contribution in [1.82, 2.24) is 40.4 Å². The van der Waals surface area contributed by atoms with Crippen molar-refractivity contribution in [3.05, 3.63) is 48.4 Å². The number of rotatable bonds is 4. The number of aromatic nitrogens is 6. The van der Waals surface area contributed by atoms with Gasteiger partial charge in [0.2, 0.25) is 11.4 Å². The monoisotopic (exact) mass is 458 g/mol. The number of carbonyl (C=O) groups is 2. The summed E-state index contributed by atoms with van der Waals surface area (Å²) in [5.74, 6) is 6.01. The van der Waals surface area contributed by atoms with E-state index < -0.39 is 17.5 Å². The minimum Gasteiger partial charge on any atom is -0.497 e. The lowest BCUT2D eigenvalue weighted by molar-refractivity contribution is -0.122. The lowest BCUT2D eigenvalue weighted by Gasteiger charge is -2.20. The number of imide groups is 1. The van der Waals surface area contributed by atoms with Crippen molar-refractivity contribution >= 4 is 22.7 Å². The fourth-order valence-electron chi connectivity index (χ4n) is 3.67. The summed E-state index contributed by atoms with van der Waals surface area (Å²) in [6, 6.07) is 6.26. The van der Waals surface area contributed by atoms with E-state index in [1.807, 2.05) is 0 Å². The van der Waals surface area contributed by atoms with Gasteiger partial charge in [-0.05, 0) is 29.5 Å². The van der Waals surface area contributed by atoms with Crippen LogP contribution < -0.4 is 15.4 Å². The number of hydrogen-bond donors (Lipinski definition) is 3. The van der Waals surface area contributed by atoms with Gasteiger partial charge in [0.15, 0.2) is 5.88 Å². The van der Waals surface area contributed by atoms with Crippen LogP contribution in [0.2, 0.25) is 0 Å². The molecule has 1 atom stereocenters. The van der Waals surface area contributed by atoms with Gasteiger partial charge in [-0.1, -0.05) is 11.8 Å². The molecule has 0 bridgehead atoms. The molecule has 0 radical (unpaired) electrons. The van der Waals surface area contributed by atoms with Crippen LogP contribution in [0.25, 0.3) is 22.2 Å². The number of pyridine rings is 1. The highest BCUT2D eigenvalue weighted by molar-refractivity contribution is 6.09. The number of ether oxygens (including phenoxy) is 1. The Labute approximate surface area is 192 Å². The first-order chi connectivity index (χ1) is 16.4. The van der Waals surface area contributed by atoms with Crippen molar-refractivity contribution in [2.24, 2.45) is 7.05 Å². The molecular formula is C22H18N8O4. The number of aromatic hydroxyl groups is 1. The van der Waals surface area contributed by atoms with Gasteiger partial charge in [0.25, 0.3) is 5.91 Å². The zero-order valence-electron chi connectivity index (χ0n) is 18.1. The first kappa shape index (κ1) is 21.0. The molecule has 170 valence electrons. The molecule has 34 heavy (non-hydrogen) atoms. The molecule has 0 saturated carbocycles. The zero-order chi connectivity index (χ0) is 23.9. The van der Waals surface area contributed by atoms with Crippen LogP contribution in [-0.2, 0) is 18.4 Å². The second-order valence-electron chi connectivity index (χ2n) is 7.66. The van der Waals surface area contributed by atoms with E-state index in [0.29, 0.717) is 28.1 Å². The fraction of sp³-hybridized carbons (Fsp3) is 0.182. The molecule has 0 unspecified atom stereocenters. The smallest absolute Gasteiger partial charge is 0.323 e. The van der Waals surface area contributed by atoms with Crippen molar-refractivity contribution in [1.29, 1.82) is 0 Å². The normalized spacial score (nSPS) is 17.2. The van der Waals surface area contributed by atoms with Gasteiger partial charge in [0.05, 0.1) is 20.7 Å². The molecule has 3 aromatic heterocycles. The SMILES string of the molecule is COc1ccc2cn(C[C@@]3(C#Cc4cncc(-c5nnn(C)n5)c4)NC(=O)NC3=O)c(O)c2c1. The topological polar surface area (TPSA) is 149 Å². The van der Waals surface area contributed by atoms with Gasteiger partial charge >= 0.3 is 6.03 Å². The van der Waals surface area contributed by atoms with Gasteiger partial charge in [-0.25, -0.2) is 4.79 Å². The number of nitrogens with zero attached hydrogens (tertiary/aromatic N) is 6. The van der Waals surface area contributed by atoms with Gasteiger partial charge < -0.3 is 19.7 Å². The zero-order valence-corrected chi connectivity index (χ0v) is 18.1. The summed E-state index contributed by atoms with van der Waals surface area (Å²) in [4.78, 5) is 30.3. The maximum atomic E-state index is 12.8. The average Bonchev–Trinajstić information content (AvgIpc) is 3.48. The fourth-order valence-corrected chi connectivity index (χ4v) is 3.67. The molecule has 0 spiro atoms. The number of urea groups is 1. The molecule has 1 aliphatic heterocycles. The van der Waals surface area contributed by atoms with Gasteiger partial charge in [-0.15, -0.1) is 10.2 Å². The number of hydrogen-bond acceptors (Lipinski definition) is 8. The molecule has 4 aromatic rings. The summed E-state index contributed by atoms with van der Waals surface area (Å²) in [5.41, 5.74) is -0.545. The molecule has 1 aliphatic rings. The number of fused-ring (bicyclic) bond motifs is 1. The number of nitrogens with one attached hydrogen (secondary N) is 2. The number of aryl methyl sites for hydroxylation is 1. The van der Waals surface area contributed by atoms with Crippen LogP contribution >= 0.6 is 0 Å². The molecule has 1 aromatic carbocycles. The Morgan fingerprint density at radius 1 is 1.24 bits per heavy atom. The lowest BCUT2D eigenvalue weighted by Crippen LogP contribution is -2.49. The molecule has 5 rings (SSSR count). The van der Waals surface area contributed by atoms with Gasteiger partial charge in [0, 0.05) is 40.5 Å². The Bertz CT molecular complexity index is 1510. The summed E-state index contributed by atoms with van der Waals surface area (Å²) >= 11 is 0. The van der Waals surface area contributed by atoms with Crippen molar-refractivity contribution in [3.8, 4) is 34.9 Å². The first-order valence-electron chi connectivity index (χ1n) is 10.1. The third kappa shape index (κ3) is 3.65. The third-order valence-electron chi connectivity index (χ3n) is 5.34. The van der Waals surface area contributed by atoms with Gasteiger partial charge in [-0.2, -0.15) is 4.80 Å². The predicted molar refractivity (Wildman–Crippen MR) is 118 cm³/mol. The van der Waals surface area contributed by atoms with Crippen molar-refractivity contribution in [2.75, 3.05) is 7.11 Å². The number of benzene rings is 1. The Kier molecular flexibility index (Phi) is 4.86. The van der Waals surface area contributed by atoms with E-state index in [1.54, 1.807) is 43.7 Å². The summed E-state index contributed by atoms with van der Waals surface area (Å²) in [6.07, 6.45) is 4.76. The highest BCUT2D eigenvalue weighted by Gasteiger charge is 2.46. The van der Waals surface area contributed by atoms with Crippen LogP contribution in [0.3, 0.4) is 0 Å². The Morgan fingerprint density at radius 2 is 2.09 bits per heavy atom. The molecule has 4 heterocycles. The van der Waals surface area contributed by atoms with Gasteiger partial charge in [-0.3, -0.25) is 15.1 Å². The van der Waals surface area contributed by atoms with Crippen LogP contribution in [0.4, 0.5) is 4.79 Å². The highest BCUT2D eigenvalue weighted by Crippen LogP contribution is 2.32. The van der Waals surface area contributed by atoms with Crippen LogP contribution in [0, 0.1) is 11.8 Å². The Morgan fingerprint density at radius 3 is 2.79 bits per heavy atom. The first-order valence-corrected chi connectivity index (χ1v) is 10.1. The third-order valence-corrected chi connectivity index (χ3v) is 5.34. The van der Waals surface area contributed by atoms with Gasteiger partial charge in [0.1, 0.15) is 5.75 Å².